The van der Waals surface area contributed by atoms with Gasteiger partial charge in [-0.05, 0) is 29.5 Å². The van der Waals surface area contributed by atoms with Crippen molar-refractivity contribution in [2.45, 2.75) is 39.2 Å². The van der Waals surface area contributed by atoms with Crippen molar-refractivity contribution in [3.8, 4) is 0 Å². The molecule has 0 aliphatic carbocycles. The monoisotopic (exact) mass is 296 g/mol. The van der Waals surface area contributed by atoms with Gasteiger partial charge in [0.25, 0.3) is 0 Å². The standard InChI is InChI=1S/C19H24N2O/c1-14(15-10-6-5-7-11-15)20-18(22)21-17-13-9-8-12-16(17)19(2,3)4/h5-14H,1-4H3,(H2,20,21,22)/t14-/m0/s1. The smallest absolute Gasteiger partial charge is 0.319 e. The molecule has 0 saturated heterocycles. The molecule has 1 atom stereocenters. The fourth-order valence-electron chi connectivity index (χ4n) is 2.43. The second-order valence-electron chi connectivity index (χ2n) is 6.53. The summed E-state index contributed by atoms with van der Waals surface area (Å²) in [6.45, 7) is 8.39. The van der Waals surface area contributed by atoms with Crippen LogP contribution in [0.4, 0.5) is 10.5 Å². The van der Waals surface area contributed by atoms with Gasteiger partial charge in [0.1, 0.15) is 0 Å². The summed E-state index contributed by atoms with van der Waals surface area (Å²) in [5, 5.41) is 5.94. The van der Waals surface area contributed by atoms with E-state index in [1.54, 1.807) is 0 Å². The van der Waals surface area contributed by atoms with Crippen LogP contribution in [0.3, 0.4) is 0 Å². The molecule has 2 N–H and O–H groups in total. The van der Waals surface area contributed by atoms with E-state index in [0.29, 0.717) is 0 Å². The van der Waals surface area contributed by atoms with Gasteiger partial charge in [-0.25, -0.2) is 4.79 Å². The van der Waals surface area contributed by atoms with Crippen molar-refractivity contribution in [1.29, 1.82) is 0 Å². The van der Waals surface area contributed by atoms with E-state index in [2.05, 4.69) is 37.5 Å². The molecule has 0 aromatic heterocycles. The van der Waals surface area contributed by atoms with Gasteiger partial charge in [0.2, 0.25) is 0 Å². The summed E-state index contributed by atoms with van der Waals surface area (Å²) in [6.07, 6.45) is 0. The van der Waals surface area contributed by atoms with Gasteiger partial charge in [0.15, 0.2) is 0 Å². The van der Waals surface area contributed by atoms with Crippen LogP contribution in [0.2, 0.25) is 0 Å². The van der Waals surface area contributed by atoms with E-state index in [-0.39, 0.29) is 17.5 Å². The highest BCUT2D eigenvalue weighted by atomic mass is 16.2. The number of benzene rings is 2. The van der Waals surface area contributed by atoms with Crippen LogP contribution in [-0.4, -0.2) is 6.03 Å². The number of urea groups is 1. The van der Waals surface area contributed by atoms with E-state index < -0.39 is 0 Å². The highest BCUT2D eigenvalue weighted by Gasteiger charge is 2.19. The summed E-state index contributed by atoms with van der Waals surface area (Å²) >= 11 is 0. The first kappa shape index (κ1) is 16.1. The Labute approximate surface area is 132 Å². The molecule has 0 aliphatic heterocycles. The lowest BCUT2D eigenvalue weighted by atomic mass is 9.86. The number of nitrogens with one attached hydrogen (secondary N) is 2. The van der Waals surface area contributed by atoms with E-state index in [0.717, 1.165) is 16.8 Å². The first-order valence-electron chi connectivity index (χ1n) is 7.60. The molecule has 0 bridgehead atoms. The number of carbonyl (C=O) groups excluding carboxylic acids is 1. The van der Waals surface area contributed by atoms with Crippen LogP contribution >= 0.6 is 0 Å². The molecule has 0 unspecified atom stereocenters. The summed E-state index contributed by atoms with van der Waals surface area (Å²) < 4.78 is 0. The Hall–Kier alpha value is -2.29. The molecule has 0 fully saturated rings. The molecule has 0 saturated carbocycles. The number of para-hydroxylation sites is 1. The Bertz CT molecular complexity index is 629. The molecule has 2 rings (SSSR count). The van der Waals surface area contributed by atoms with Crippen molar-refractivity contribution in [2.24, 2.45) is 0 Å². The van der Waals surface area contributed by atoms with Gasteiger partial charge in [-0.1, -0.05) is 69.3 Å². The van der Waals surface area contributed by atoms with Crippen molar-refractivity contribution in [3.05, 3.63) is 65.7 Å². The molecule has 2 amide bonds. The molecule has 116 valence electrons. The fourth-order valence-corrected chi connectivity index (χ4v) is 2.43. The van der Waals surface area contributed by atoms with Crippen LogP contribution in [0.15, 0.2) is 54.6 Å². The van der Waals surface area contributed by atoms with Gasteiger partial charge in [0.05, 0.1) is 6.04 Å². The second-order valence-corrected chi connectivity index (χ2v) is 6.53. The molecule has 0 radical (unpaired) electrons. The Morgan fingerprint density at radius 3 is 2.18 bits per heavy atom. The third-order valence-electron chi connectivity index (χ3n) is 3.63. The van der Waals surface area contributed by atoms with Crippen molar-refractivity contribution in [1.82, 2.24) is 5.32 Å². The minimum absolute atomic E-state index is 0.0189. The molecule has 2 aromatic carbocycles. The molecule has 0 heterocycles. The maximum Gasteiger partial charge on any atom is 0.319 e. The zero-order chi connectivity index (χ0) is 16.2. The molecule has 0 spiro atoms. The highest BCUT2D eigenvalue weighted by Crippen LogP contribution is 2.29. The molecule has 3 nitrogen and oxygen atoms in total. The Balaban J connectivity index is 2.07. The highest BCUT2D eigenvalue weighted by molar-refractivity contribution is 5.90. The van der Waals surface area contributed by atoms with E-state index in [1.807, 2.05) is 55.5 Å². The van der Waals surface area contributed by atoms with Crippen LogP contribution in [0, 0.1) is 0 Å². The average molecular weight is 296 g/mol. The number of hydrogen-bond acceptors (Lipinski definition) is 1. The fraction of sp³-hybridized carbons (Fsp3) is 0.316. The van der Waals surface area contributed by atoms with Gasteiger partial charge in [-0.3, -0.25) is 0 Å². The normalized spacial score (nSPS) is 12.5. The lowest BCUT2D eigenvalue weighted by Gasteiger charge is -2.23. The summed E-state index contributed by atoms with van der Waals surface area (Å²) in [4.78, 5) is 12.3. The lowest BCUT2D eigenvalue weighted by Crippen LogP contribution is -2.32. The number of anilines is 1. The van der Waals surface area contributed by atoms with E-state index in [1.165, 1.54) is 0 Å². The third-order valence-corrected chi connectivity index (χ3v) is 3.63. The quantitative estimate of drug-likeness (QED) is 0.833. The summed E-state index contributed by atoms with van der Waals surface area (Å²) in [5.74, 6) is 0. The summed E-state index contributed by atoms with van der Waals surface area (Å²) in [6, 6.07) is 17.6. The van der Waals surface area contributed by atoms with Crippen LogP contribution in [0.1, 0.15) is 44.9 Å². The molecular weight excluding hydrogens is 272 g/mol. The minimum Gasteiger partial charge on any atom is -0.331 e. The van der Waals surface area contributed by atoms with Gasteiger partial charge in [-0.2, -0.15) is 0 Å². The van der Waals surface area contributed by atoms with Crippen LogP contribution in [0.25, 0.3) is 0 Å². The largest absolute Gasteiger partial charge is 0.331 e. The van der Waals surface area contributed by atoms with E-state index in [9.17, 15) is 4.79 Å². The SMILES string of the molecule is C[C@H](NC(=O)Nc1ccccc1C(C)(C)C)c1ccccc1. The van der Waals surface area contributed by atoms with E-state index >= 15 is 0 Å². The first-order valence-corrected chi connectivity index (χ1v) is 7.60. The Kier molecular flexibility index (Phi) is 4.86. The maximum absolute atomic E-state index is 12.3. The van der Waals surface area contributed by atoms with Gasteiger partial charge < -0.3 is 10.6 Å². The second kappa shape index (κ2) is 6.65. The Morgan fingerprint density at radius 2 is 1.55 bits per heavy atom. The van der Waals surface area contributed by atoms with Gasteiger partial charge in [-0.15, -0.1) is 0 Å². The number of amides is 2. The minimum atomic E-state index is -0.187. The zero-order valence-corrected chi connectivity index (χ0v) is 13.7. The van der Waals surface area contributed by atoms with Crippen LogP contribution in [-0.2, 0) is 5.41 Å². The maximum atomic E-state index is 12.3. The summed E-state index contributed by atoms with van der Waals surface area (Å²) in [7, 11) is 0. The predicted molar refractivity (Wildman–Crippen MR) is 92.2 cm³/mol. The van der Waals surface area contributed by atoms with Crippen molar-refractivity contribution in [3.63, 3.8) is 0 Å². The number of carbonyl (C=O) groups is 1. The van der Waals surface area contributed by atoms with Crippen molar-refractivity contribution >= 4 is 11.7 Å². The Morgan fingerprint density at radius 1 is 0.955 bits per heavy atom. The first-order chi connectivity index (χ1) is 10.4. The molecule has 22 heavy (non-hydrogen) atoms. The number of hydrogen-bond donors (Lipinski definition) is 2. The topological polar surface area (TPSA) is 41.1 Å². The van der Waals surface area contributed by atoms with Crippen LogP contribution < -0.4 is 10.6 Å². The number of rotatable bonds is 3. The molecular formula is C19H24N2O. The molecule has 0 aliphatic rings. The third kappa shape index (κ3) is 4.10. The summed E-state index contributed by atoms with van der Waals surface area (Å²) in [5.41, 5.74) is 3.04. The lowest BCUT2D eigenvalue weighted by molar-refractivity contribution is 0.249. The van der Waals surface area contributed by atoms with E-state index in [4.69, 9.17) is 0 Å². The average Bonchev–Trinajstić information content (AvgIpc) is 2.47. The van der Waals surface area contributed by atoms with Crippen molar-refractivity contribution < 1.29 is 4.79 Å². The molecule has 3 heteroatoms. The van der Waals surface area contributed by atoms with Gasteiger partial charge in [0, 0.05) is 5.69 Å². The van der Waals surface area contributed by atoms with Crippen molar-refractivity contribution in [2.75, 3.05) is 5.32 Å². The van der Waals surface area contributed by atoms with Crippen LogP contribution in [0.5, 0.6) is 0 Å². The zero-order valence-electron chi connectivity index (χ0n) is 13.7. The molecule has 2 aromatic rings. The van der Waals surface area contributed by atoms with Gasteiger partial charge >= 0.3 is 6.03 Å². The predicted octanol–water partition coefficient (Wildman–Crippen LogP) is 4.87.